The Morgan fingerprint density at radius 3 is 2.26 bits per heavy atom. The molecule has 1 fully saturated rings. The number of nitrogens with one attached hydrogen (secondary N) is 2. The van der Waals surface area contributed by atoms with Crippen molar-refractivity contribution in [3.63, 3.8) is 0 Å². The number of nitrogens with zero attached hydrogens (tertiary/aromatic N) is 5. The van der Waals surface area contributed by atoms with Crippen molar-refractivity contribution in [1.82, 2.24) is 19.8 Å². The van der Waals surface area contributed by atoms with E-state index < -0.39 is 11.3 Å². The molecule has 3 aromatic carbocycles. The minimum atomic E-state index is -2.79. The van der Waals surface area contributed by atoms with Gasteiger partial charge in [-0.15, -0.1) is 0 Å². The summed E-state index contributed by atoms with van der Waals surface area (Å²) in [4.78, 5) is 26.3. The zero-order valence-corrected chi connectivity index (χ0v) is 24.6. The topological polar surface area (TPSA) is 135 Å². The number of rotatable bonds is 11. The lowest BCUT2D eigenvalue weighted by Gasteiger charge is -2.42. The van der Waals surface area contributed by atoms with Crippen molar-refractivity contribution in [2.24, 2.45) is 0 Å². The number of likely N-dealkylation sites (tertiary alicyclic amines) is 1. The van der Waals surface area contributed by atoms with Crippen molar-refractivity contribution in [2.75, 3.05) is 62.9 Å². The zero-order chi connectivity index (χ0) is 29.8. The van der Waals surface area contributed by atoms with E-state index >= 15 is 0 Å². The molecule has 2 heterocycles. The molecule has 1 atom stereocenters. The van der Waals surface area contributed by atoms with E-state index in [2.05, 4.69) is 25.4 Å². The van der Waals surface area contributed by atoms with E-state index in [4.69, 9.17) is 14.5 Å². The third-order valence-corrected chi connectivity index (χ3v) is 7.59. The number of hydrogen-bond acceptors (Lipinski definition) is 10. The van der Waals surface area contributed by atoms with Gasteiger partial charge in [0.25, 0.3) is 0 Å². The summed E-state index contributed by atoms with van der Waals surface area (Å²) in [5.74, 6) is 1.13. The fourth-order valence-corrected chi connectivity index (χ4v) is 5.18. The number of para-hydroxylation sites is 2. The molecule has 0 bridgehead atoms. The van der Waals surface area contributed by atoms with Crippen LogP contribution in [0.15, 0.2) is 66.7 Å². The Hall–Kier alpha value is -4.30. The number of methoxy groups -OCH3 is 2. The monoisotopic (exact) mass is 590 g/mol. The van der Waals surface area contributed by atoms with Gasteiger partial charge in [0.15, 0.2) is 11.6 Å². The Morgan fingerprint density at radius 2 is 1.64 bits per heavy atom. The zero-order valence-electron chi connectivity index (χ0n) is 23.7. The van der Waals surface area contributed by atoms with Crippen LogP contribution >= 0.6 is 0 Å². The fourth-order valence-electron chi connectivity index (χ4n) is 4.62. The van der Waals surface area contributed by atoms with Gasteiger partial charge in [-0.05, 0) is 44.4 Å². The third kappa shape index (κ3) is 6.60. The summed E-state index contributed by atoms with van der Waals surface area (Å²) in [7, 11) is 7.12. The van der Waals surface area contributed by atoms with Gasteiger partial charge in [0.05, 0.1) is 48.8 Å². The molecule has 0 aliphatic carbocycles. The van der Waals surface area contributed by atoms with E-state index in [1.165, 1.54) is 14.2 Å². The van der Waals surface area contributed by atoms with Gasteiger partial charge >= 0.3 is 0 Å². The highest BCUT2D eigenvalue weighted by Gasteiger charge is 2.29. The molecule has 0 radical (unpaired) electrons. The summed E-state index contributed by atoms with van der Waals surface area (Å²) in [5.41, 5.74) is 2.36. The van der Waals surface area contributed by atoms with Crippen LogP contribution < -0.4 is 24.4 Å². The first kappa shape index (κ1) is 29.2. The number of amides is 1. The van der Waals surface area contributed by atoms with Crippen molar-refractivity contribution in [3.8, 4) is 11.5 Å². The Kier molecular flexibility index (Phi) is 8.83. The first-order valence-corrected chi connectivity index (χ1v) is 14.2. The molecule has 1 aliphatic rings. The number of hydrogen-bond donors (Lipinski definition) is 2. The minimum Gasteiger partial charge on any atom is -0.755 e. The Morgan fingerprint density at radius 1 is 0.976 bits per heavy atom. The number of carbonyl (C=O) groups is 1. The number of ether oxygens (including phenoxy) is 2. The molecule has 0 spiro atoms. The average Bonchev–Trinajstić information content (AvgIpc) is 2.94. The van der Waals surface area contributed by atoms with Crippen molar-refractivity contribution in [2.45, 2.75) is 6.04 Å². The van der Waals surface area contributed by atoms with E-state index in [0.29, 0.717) is 39.9 Å². The maximum Gasteiger partial charge on any atom is 0.238 e. The smallest absolute Gasteiger partial charge is 0.238 e. The summed E-state index contributed by atoms with van der Waals surface area (Å²) in [6.07, 6.45) is 0. The number of carbonyl (C=O) groups excluding carboxylic acids is 1. The lowest BCUT2D eigenvalue weighted by molar-refractivity contribution is -0.119. The molecule has 4 aromatic rings. The molecule has 0 saturated carbocycles. The van der Waals surface area contributed by atoms with Crippen LogP contribution in [0.4, 0.5) is 28.7 Å². The molecule has 5 rings (SSSR count). The average molecular weight is 591 g/mol. The van der Waals surface area contributed by atoms with E-state index in [9.17, 15) is 13.6 Å². The molecule has 1 saturated heterocycles. The number of benzene rings is 3. The van der Waals surface area contributed by atoms with Crippen molar-refractivity contribution in [3.05, 3.63) is 66.7 Å². The standard InChI is InChI=1S/C29H33N7O5S/c1-34(2)22-16-35(17-22)18-27(37)30-19-8-7-9-21(12-19)36(42(38)39)29-28(32-25-10-5-6-11-26(25)33-29)31-20-13-23(40-3)15-24(14-20)41-4/h5-15,22H,16-18H2,1-4H3,(H,30,37)(H,31,32)(H,38,39)/p-1. The van der Waals surface area contributed by atoms with Crippen LogP contribution in [-0.2, 0) is 16.1 Å². The lowest BCUT2D eigenvalue weighted by Crippen LogP contribution is -2.58. The van der Waals surface area contributed by atoms with Gasteiger partial charge in [-0.3, -0.25) is 18.2 Å². The van der Waals surface area contributed by atoms with Crippen molar-refractivity contribution >= 4 is 56.9 Å². The number of fused-ring (bicyclic) bond motifs is 1. The third-order valence-electron chi connectivity index (χ3n) is 6.91. The van der Waals surface area contributed by atoms with Crippen LogP contribution in [0.25, 0.3) is 11.0 Å². The molecule has 1 unspecified atom stereocenters. The van der Waals surface area contributed by atoms with E-state index in [-0.39, 0.29) is 29.8 Å². The van der Waals surface area contributed by atoms with Crippen LogP contribution in [0.2, 0.25) is 0 Å². The maximum absolute atomic E-state index is 12.7. The largest absolute Gasteiger partial charge is 0.755 e. The second-order valence-electron chi connectivity index (χ2n) is 10.0. The Balaban J connectivity index is 1.47. The molecular weight excluding hydrogens is 558 g/mol. The second-order valence-corrected chi connectivity index (χ2v) is 10.8. The predicted octanol–water partition coefficient (Wildman–Crippen LogP) is 3.51. The van der Waals surface area contributed by atoms with Gasteiger partial charge < -0.3 is 29.6 Å². The van der Waals surface area contributed by atoms with E-state index in [1.54, 1.807) is 60.7 Å². The molecular formula is C29H32N7O5S-. The van der Waals surface area contributed by atoms with Crippen LogP contribution in [-0.4, -0.2) is 88.4 Å². The maximum atomic E-state index is 12.7. The van der Waals surface area contributed by atoms with Gasteiger partial charge in [-0.1, -0.05) is 18.2 Å². The first-order chi connectivity index (χ1) is 20.2. The summed E-state index contributed by atoms with van der Waals surface area (Å²) >= 11 is -2.79. The van der Waals surface area contributed by atoms with Crippen LogP contribution in [0.1, 0.15) is 0 Å². The highest BCUT2D eigenvalue weighted by Crippen LogP contribution is 2.36. The van der Waals surface area contributed by atoms with Crippen molar-refractivity contribution in [1.29, 1.82) is 0 Å². The molecule has 1 aliphatic heterocycles. The lowest BCUT2D eigenvalue weighted by atomic mass is 10.1. The van der Waals surface area contributed by atoms with E-state index in [1.807, 2.05) is 20.2 Å². The van der Waals surface area contributed by atoms with Gasteiger partial charge in [-0.2, -0.15) is 0 Å². The molecule has 1 amide bonds. The van der Waals surface area contributed by atoms with Crippen LogP contribution in [0.3, 0.4) is 0 Å². The summed E-state index contributed by atoms with van der Waals surface area (Å²) < 4.78 is 37.3. The number of aromatic nitrogens is 2. The van der Waals surface area contributed by atoms with Gasteiger partial charge in [0.2, 0.25) is 5.91 Å². The molecule has 2 N–H and O–H groups in total. The Labute approximate surface area is 246 Å². The Bertz CT molecular complexity index is 1590. The van der Waals surface area contributed by atoms with Crippen LogP contribution in [0, 0.1) is 0 Å². The second kappa shape index (κ2) is 12.7. The van der Waals surface area contributed by atoms with Gasteiger partial charge in [0.1, 0.15) is 11.5 Å². The molecule has 12 nitrogen and oxygen atoms in total. The predicted molar refractivity (Wildman–Crippen MR) is 162 cm³/mol. The molecule has 42 heavy (non-hydrogen) atoms. The van der Waals surface area contributed by atoms with Crippen LogP contribution in [0.5, 0.6) is 11.5 Å². The quantitative estimate of drug-likeness (QED) is 0.250. The SMILES string of the molecule is COc1cc(Nc2nc3ccccc3nc2N(c2cccc(NC(=O)CN3CC(N(C)C)C3)c2)S(=O)[O-])cc(OC)c1. The summed E-state index contributed by atoms with van der Waals surface area (Å²) in [6.45, 7) is 1.89. The number of anilines is 5. The summed E-state index contributed by atoms with van der Waals surface area (Å²) in [5, 5.41) is 6.06. The summed E-state index contributed by atoms with van der Waals surface area (Å²) in [6, 6.07) is 19.4. The minimum absolute atomic E-state index is 0.0441. The number of likely N-dealkylation sites (N-methyl/N-ethyl adjacent to an activating group) is 1. The van der Waals surface area contributed by atoms with Gasteiger partial charge in [0, 0.05) is 48.7 Å². The van der Waals surface area contributed by atoms with E-state index in [0.717, 1.165) is 17.4 Å². The van der Waals surface area contributed by atoms with Crippen molar-refractivity contribution < 1.29 is 23.0 Å². The first-order valence-electron chi connectivity index (χ1n) is 13.2. The fraction of sp³-hybridized carbons (Fsp3) is 0.276. The highest BCUT2D eigenvalue weighted by molar-refractivity contribution is 7.81. The molecule has 13 heteroatoms. The normalized spacial score (nSPS) is 14.3. The molecule has 1 aromatic heterocycles. The highest BCUT2D eigenvalue weighted by atomic mass is 32.2. The van der Waals surface area contributed by atoms with Gasteiger partial charge in [-0.25, -0.2) is 9.97 Å². The molecule has 220 valence electrons.